The zero-order valence-corrected chi connectivity index (χ0v) is 20.9. The summed E-state index contributed by atoms with van der Waals surface area (Å²) in [4.78, 5) is 13.2. The Morgan fingerprint density at radius 1 is 0.949 bits per heavy atom. The van der Waals surface area contributed by atoms with Crippen LogP contribution in [-0.2, 0) is 20.6 Å². The minimum Gasteiger partial charge on any atom is -0.507 e. The Morgan fingerprint density at radius 3 is 2.64 bits per heavy atom. The number of rotatable bonds is 7. The number of ketones is 1. The van der Waals surface area contributed by atoms with Gasteiger partial charge in [-0.2, -0.15) is 0 Å². The molecule has 0 amide bonds. The van der Waals surface area contributed by atoms with Gasteiger partial charge in [-0.15, -0.1) is 0 Å². The number of phenols is 1. The molecular formula is C30H28O9. The van der Waals surface area contributed by atoms with Gasteiger partial charge < -0.3 is 38.7 Å². The lowest BCUT2D eigenvalue weighted by Gasteiger charge is -2.46. The molecule has 1 unspecified atom stereocenters. The van der Waals surface area contributed by atoms with Crippen LogP contribution in [-0.4, -0.2) is 58.4 Å². The van der Waals surface area contributed by atoms with Crippen molar-refractivity contribution in [1.82, 2.24) is 0 Å². The maximum atomic E-state index is 13.2. The summed E-state index contributed by atoms with van der Waals surface area (Å²) in [5.74, 6) is -0.546. The summed E-state index contributed by atoms with van der Waals surface area (Å²) in [7, 11) is 0. The van der Waals surface area contributed by atoms with Gasteiger partial charge in [0, 0.05) is 17.4 Å². The van der Waals surface area contributed by atoms with Crippen LogP contribution in [0.2, 0.25) is 0 Å². The number of aryl methyl sites for hydroxylation is 1. The van der Waals surface area contributed by atoms with Gasteiger partial charge in [-0.3, -0.25) is 4.79 Å². The van der Waals surface area contributed by atoms with Crippen molar-refractivity contribution in [3.63, 3.8) is 0 Å². The molecule has 3 N–H and O–H groups in total. The van der Waals surface area contributed by atoms with E-state index < -0.39 is 37.0 Å². The molecular weight excluding hydrogens is 504 g/mol. The summed E-state index contributed by atoms with van der Waals surface area (Å²) < 4.78 is 28.9. The number of aliphatic hydroxyl groups excluding tert-OH is 2. The highest BCUT2D eigenvalue weighted by molar-refractivity contribution is 6.01. The number of fused-ring (bicyclic) bond motifs is 2. The van der Waals surface area contributed by atoms with E-state index in [4.69, 9.17) is 23.4 Å². The predicted octanol–water partition coefficient (Wildman–Crippen LogP) is 3.89. The fourth-order valence-corrected chi connectivity index (χ4v) is 5.03. The molecule has 3 aromatic carbocycles. The van der Waals surface area contributed by atoms with E-state index >= 15 is 0 Å². The van der Waals surface area contributed by atoms with E-state index in [1.807, 2.05) is 54.6 Å². The number of aliphatic hydroxyl groups is 2. The molecule has 0 radical (unpaired) electrons. The number of ether oxygens (including phenoxy) is 4. The van der Waals surface area contributed by atoms with Crippen molar-refractivity contribution >= 4 is 16.8 Å². The van der Waals surface area contributed by atoms with Gasteiger partial charge in [0.05, 0.1) is 12.9 Å². The monoisotopic (exact) mass is 532 g/mol. The second-order valence-electron chi connectivity index (χ2n) is 9.68. The first-order valence-corrected chi connectivity index (χ1v) is 12.8. The number of carbonyl (C=O) groups is 1. The SMILES string of the molecule is O=C(CCc1ccc2occc2c1)c1c(O)cccc1O[C@@H]1O[C@@H]2COC(c3ccccc3)O[C@H]2[C@H](O)[C@H]1O. The molecule has 0 saturated carbocycles. The van der Waals surface area contributed by atoms with Crippen LogP contribution < -0.4 is 4.74 Å². The van der Waals surface area contributed by atoms with Gasteiger partial charge in [-0.25, -0.2) is 0 Å². The molecule has 2 aliphatic rings. The minimum absolute atomic E-state index is 0.0189. The highest BCUT2D eigenvalue weighted by atomic mass is 16.8. The first-order chi connectivity index (χ1) is 19.0. The number of benzene rings is 3. The second kappa shape index (κ2) is 10.8. The Kier molecular flexibility index (Phi) is 7.07. The quantitative estimate of drug-likeness (QED) is 0.304. The minimum atomic E-state index is -1.48. The third kappa shape index (κ3) is 5.15. The van der Waals surface area contributed by atoms with Crippen molar-refractivity contribution in [3.05, 3.63) is 95.7 Å². The summed E-state index contributed by atoms with van der Waals surface area (Å²) in [6, 6.07) is 21.3. The Hall–Kier alpha value is -3.73. The van der Waals surface area contributed by atoms with Crippen molar-refractivity contribution in [1.29, 1.82) is 0 Å². The molecule has 9 heteroatoms. The van der Waals surface area contributed by atoms with Crippen LogP contribution in [0.1, 0.15) is 34.2 Å². The number of carbonyl (C=O) groups excluding carboxylic acids is 1. The van der Waals surface area contributed by atoms with Gasteiger partial charge >= 0.3 is 0 Å². The maximum Gasteiger partial charge on any atom is 0.229 e. The number of furan rings is 1. The molecule has 2 saturated heterocycles. The fourth-order valence-electron chi connectivity index (χ4n) is 5.03. The molecule has 9 nitrogen and oxygen atoms in total. The smallest absolute Gasteiger partial charge is 0.229 e. The van der Waals surface area contributed by atoms with E-state index in [-0.39, 0.29) is 35.9 Å². The van der Waals surface area contributed by atoms with E-state index in [0.717, 1.165) is 22.1 Å². The van der Waals surface area contributed by atoms with Crippen LogP contribution in [0.3, 0.4) is 0 Å². The van der Waals surface area contributed by atoms with Crippen LogP contribution in [0, 0.1) is 0 Å². The molecule has 0 spiro atoms. The molecule has 6 rings (SSSR count). The van der Waals surface area contributed by atoms with Gasteiger partial charge in [0.15, 0.2) is 12.1 Å². The highest BCUT2D eigenvalue weighted by Crippen LogP contribution is 2.36. The first-order valence-electron chi connectivity index (χ1n) is 12.8. The van der Waals surface area contributed by atoms with E-state index in [2.05, 4.69) is 0 Å². The Labute approximate surface area is 224 Å². The molecule has 0 aliphatic carbocycles. The summed E-state index contributed by atoms with van der Waals surface area (Å²) in [6.07, 6.45) is -4.25. The molecule has 4 aromatic rings. The number of phenolic OH excluding ortho intramolecular Hbond substituents is 1. The maximum absolute atomic E-state index is 13.2. The van der Waals surface area contributed by atoms with Gasteiger partial charge in [0.2, 0.25) is 6.29 Å². The highest BCUT2D eigenvalue weighted by Gasteiger charge is 2.50. The molecule has 2 aliphatic heterocycles. The first kappa shape index (κ1) is 25.5. The number of Topliss-reactive ketones (excluding diaryl/α,β-unsaturated/α-hetero) is 1. The van der Waals surface area contributed by atoms with E-state index in [1.165, 1.54) is 18.2 Å². The molecule has 202 valence electrons. The van der Waals surface area contributed by atoms with Crippen molar-refractivity contribution in [3.8, 4) is 11.5 Å². The third-order valence-corrected chi connectivity index (χ3v) is 7.09. The lowest BCUT2D eigenvalue weighted by Crippen LogP contribution is -2.63. The normalized spacial score (nSPS) is 26.7. The Balaban J connectivity index is 1.15. The molecule has 1 aromatic heterocycles. The standard InChI is InChI=1S/C30H28O9/c31-20-7-4-8-23(25(20)21(32)11-9-17-10-12-22-19(15-17)13-14-35-22)37-30-27(34)26(33)28-24(38-30)16-36-29(39-28)18-5-2-1-3-6-18/h1-8,10,12-15,24,26-31,33-34H,9,11,16H2/t24-,26-,27-,28-,29?,30-/m1/s1. The average molecular weight is 533 g/mol. The largest absolute Gasteiger partial charge is 0.507 e. The number of hydrogen-bond donors (Lipinski definition) is 3. The van der Waals surface area contributed by atoms with Crippen LogP contribution >= 0.6 is 0 Å². The lowest BCUT2D eigenvalue weighted by atomic mass is 9.97. The molecule has 6 atom stereocenters. The van der Waals surface area contributed by atoms with E-state index in [9.17, 15) is 20.1 Å². The molecule has 0 bridgehead atoms. The Morgan fingerprint density at radius 2 is 1.79 bits per heavy atom. The average Bonchev–Trinajstić information content (AvgIpc) is 3.43. The molecule has 39 heavy (non-hydrogen) atoms. The summed E-state index contributed by atoms with van der Waals surface area (Å²) in [5, 5.41) is 33.2. The van der Waals surface area contributed by atoms with Crippen LogP contribution in [0.4, 0.5) is 0 Å². The predicted molar refractivity (Wildman–Crippen MR) is 138 cm³/mol. The zero-order valence-electron chi connectivity index (χ0n) is 20.9. The van der Waals surface area contributed by atoms with Crippen molar-refractivity contribution in [2.45, 2.75) is 49.8 Å². The zero-order chi connectivity index (χ0) is 26.9. The van der Waals surface area contributed by atoms with Gasteiger partial charge in [0.1, 0.15) is 47.1 Å². The van der Waals surface area contributed by atoms with E-state index in [0.29, 0.717) is 6.42 Å². The van der Waals surface area contributed by atoms with Crippen molar-refractivity contribution in [2.24, 2.45) is 0 Å². The van der Waals surface area contributed by atoms with Gasteiger partial charge in [-0.1, -0.05) is 42.5 Å². The van der Waals surface area contributed by atoms with Crippen LogP contribution in [0.15, 0.2) is 83.5 Å². The van der Waals surface area contributed by atoms with Gasteiger partial charge in [-0.05, 0) is 42.3 Å². The topological polar surface area (TPSA) is 128 Å². The second-order valence-corrected chi connectivity index (χ2v) is 9.68. The van der Waals surface area contributed by atoms with Crippen LogP contribution in [0.5, 0.6) is 11.5 Å². The summed E-state index contributed by atoms with van der Waals surface area (Å²) in [6.45, 7) is 0.0979. The summed E-state index contributed by atoms with van der Waals surface area (Å²) >= 11 is 0. The van der Waals surface area contributed by atoms with E-state index in [1.54, 1.807) is 6.26 Å². The fraction of sp³-hybridized carbons (Fsp3) is 0.300. The Bertz CT molecular complexity index is 1450. The van der Waals surface area contributed by atoms with Gasteiger partial charge in [0.25, 0.3) is 0 Å². The lowest BCUT2D eigenvalue weighted by molar-refractivity contribution is -0.350. The number of hydrogen-bond acceptors (Lipinski definition) is 9. The third-order valence-electron chi connectivity index (χ3n) is 7.09. The molecule has 3 heterocycles. The summed E-state index contributed by atoms with van der Waals surface area (Å²) in [5.41, 5.74) is 2.47. The van der Waals surface area contributed by atoms with Crippen molar-refractivity contribution in [2.75, 3.05) is 6.61 Å². The number of aromatic hydroxyl groups is 1. The molecule has 2 fully saturated rings. The van der Waals surface area contributed by atoms with Crippen LogP contribution in [0.25, 0.3) is 11.0 Å². The van der Waals surface area contributed by atoms with Crippen molar-refractivity contribution < 1.29 is 43.5 Å².